The summed E-state index contributed by atoms with van der Waals surface area (Å²) in [6.07, 6.45) is 3.46. The van der Waals surface area contributed by atoms with Crippen molar-refractivity contribution in [2.24, 2.45) is 0 Å². The van der Waals surface area contributed by atoms with Crippen molar-refractivity contribution in [3.05, 3.63) is 11.6 Å². The molecule has 0 rings (SSSR count). The van der Waals surface area contributed by atoms with Crippen molar-refractivity contribution in [3.8, 4) is 11.8 Å². The predicted molar refractivity (Wildman–Crippen MR) is 63.4 cm³/mol. The standard InChI is InChI=1S/C13H22O2/c1-5-12(14)8-10-13(4,15)9-6-7-11(2)3/h7,12,14-15H,5-6,9H2,1-4H3/t12-,13-/m1/s1. The average Bonchev–Trinajstić information content (AvgIpc) is 2.13. The van der Waals surface area contributed by atoms with Gasteiger partial charge < -0.3 is 10.2 Å². The highest BCUT2D eigenvalue weighted by molar-refractivity contribution is 5.15. The van der Waals surface area contributed by atoms with E-state index in [0.29, 0.717) is 12.8 Å². The number of hydrogen-bond acceptors (Lipinski definition) is 2. The van der Waals surface area contributed by atoms with Gasteiger partial charge in [-0.25, -0.2) is 0 Å². The molecule has 0 heterocycles. The van der Waals surface area contributed by atoms with Gasteiger partial charge in [-0.3, -0.25) is 0 Å². The molecule has 2 atom stereocenters. The first kappa shape index (κ1) is 14.2. The third-order valence-corrected chi connectivity index (χ3v) is 2.08. The van der Waals surface area contributed by atoms with E-state index in [9.17, 15) is 10.2 Å². The fourth-order valence-corrected chi connectivity index (χ4v) is 1.05. The SMILES string of the molecule is CC[C@@H](O)C#C[C@](C)(O)CCC=C(C)C. The van der Waals surface area contributed by atoms with Crippen molar-refractivity contribution in [1.82, 2.24) is 0 Å². The van der Waals surface area contributed by atoms with Crippen LogP contribution in [0.1, 0.15) is 47.0 Å². The number of hydrogen-bond donors (Lipinski definition) is 2. The van der Waals surface area contributed by atoms with Crippen LogP contribution in [0.2, 0.25) is 0 Å². The normalized spacial score (nSPS) is 15.9. The van der Waals surface area contributed by atoms with Gasteiger partial charge in [0.15, 0.2) is 0 Å². The summed E-state index contributed by atoms with van der Waals surface area (Å²) < 4.78 is 0. The van der Waals surface area contributed by atoms with Crippen molar-refractivity contribution in [3.63, 3.8) is 0 Å². The summed E-state index contributed by atoms with van der Waals surface area (Å²) in [5.74, 6) is 5.36. The summed E-state index contributed by atoms with van der Waals surface area (Å²) in [7, 11) is 0. The molecule has 0 aliphatic carbocycles. The number of aliphatic hydroxyl groups is 2. The molecule has 0 aliphatic rings. The molecule has 0 saturated carbocycles. The Balaban J connectivity index is 4.16. The lowest BCUT2D eigenvalue weighted by Gasteiger charge is -2.15. The predicted octanol–water partition coefficient (Wildman–Crippen LogP) is 2.26. The zero-order valence-corrected chi connectivity index (χ0v) is 10.2. The Hall–Kier alpha value is -0.780. The monoisotopic (exact) mass is 210 g/mol. The topological polar surface area (TPSA) is 40.5 Å². The fourth-order valence-electron chi connectivity index (χ4n) is 1.05. The Kier molecular flexibility index (Phi) is 6.31. The summed E-state index contributed by atoms with van der Waals surface area (Å²) in [6, 6.07) is 0. The van der Waals surface area contributed by atoms with Gasteiger partial charge in [-0.15, -0.1) is 0 Å². The van der Waals surface area contributed by atoms with Gasteiger partial charge >= 0.3 is 0 Å². The van der Waals surface area contributed by atoms with E-state index in [-0.39, 0.29) is 0 Å². The van der Waals surface area contributed by atoms with Crippen molar-refractivity contribution in [2.75, 3.05) is 0 Å². The van der Waals surface area contributed by atoms with E-state index in [0.717, 1.165) is 6.42 Å². The molecular formula is C13H22O2. The summed E-state index contributed by atoms with van der Waals surface area (Å²) in [6.45, 7) is 7.60. The highest BCUT2D eigenvalue weighted by Gasteiger charge is 2.15. The summed E-state index contributed by atoms with van der Waals surface area (Å²) in [4.78, 5) is 0. The molecule has 2 nitrogen and oxygen atoms in total. The van der Waals surface area contributed by atoms with Crippen LogP contribution in [0, 0.1) is 11.8 Å². The fraction of sp³-hybridized carbons (Fsp3) is 0.692. The second-order valence-electron chi connectivity index (χ2n) is 4.29. The average molecular weight is 210 g/mol. The molecular weight excluding hydrogens is 188 g/mol. The summed E-state index contributed by atoms with van der Waals surface area (Å²) >= 11 is 0. The zero-order valence-electron chi connectivity index (χ0n) is 10.2. The first-order valence-electron chi connectivity index (χ1n) is 5.44. The molecule has 0 aromatic rings. The molecule has 0 aromatic heterocycles. The van der Waals surface area contributed by atoms with Crippen molar-refractivity contribution >= 4 is 0 Å². The molecule has 15 heavy (non-hydrogen) atoms. The van der Waals surface area contributed by atoms with Gasteiger partial charge in [0.05, 0.1) is 0 Å². The minimum atomic E-state index is -0.998. The van der Waals surface area contributed by atoms with Crippen LogP contribution in [0.15, 0.2) is 11.6 Å². The van der Waals surface area contributed by atoms with Gasteiger partial charge in [-0.2, -0.15) is 0 Å². The molecule has 0 fully saturated rings. The van der Waals surface area contributed by atoms with Gasteiger partial charge in [0.1, 0.15) is 11.7 Å². The maximum Gasteiger partial charge on any atom is 0.123 e. The van der Waals surface area contributed by atoms with Crippen LogP contribution in [0.4, 0.5) is 0 Å². The lowest BCUT2D eigenvalue weighted by Crippen LogP contribution is -2.21. The molecule has 86 valence electrons. The third kappa shape index (κ3) is 8.23. The van der Waals surface area contributed by atoms with Gasteiger partial charge in [0, 0.05) is 0 Å². The van der Waals surface area contributed by atoms with E-state index in [1.807, 2.05) is 20.8 Å². The number of aliphatic hydroxyl groups excluding tert-OH is 1. The molecule has 0 radical (unpaired) electrons. The van der Waals surface area contributed by atoms with E-state index < -0.39 is 11.7 Å². The van der Waals surface area contributed by atoms with Crippen LogP contribution >= 0.6 is 0 Å². The maximum absolute atomic E-state index is 9.86. The molecule has 0 aromatic carbocycles. The third-order valence-electron chi connectivity index (χ3n) is 2.08. The molecule has 0 aliphatic heterocycles. The minimum Gasteiger partial charge on any atom is -0.380 e. The molecule has 0 bridgehead atoms. The lowest BCUT2D eigenvalue weighted by molar-refractivity contribution is 0.112. The van der Waals surface area contributed by atoms with Gasteiger partial charge in [0.2, 0.25) is 0 Å². The molecule has 2 N–H and O–H groups in total. The van der Waals surface area contributed by atoms with E-state index in [2.05, 4.69) is 17.9 Å². The Morgan fingerprint density at radius 1 is 1.47 bits per heavy atom. The molecule has 2 heteroatoms. The highest BCUT2D eigenvalue weighted by atomic mass is 16.3. The Morgan fingerprint density at radius 2 is 2.07 bits per heavy atom. The first-order chi connectivity index (χ1) is 6.87. The van der Waals surface area contributed by atoms with Crippen LogP contribution in [0.3, 0.4) is 0 Å². The first-order valence-corrected chi connectivity index (χ1v) is 5.44. The number of rotatable bonds is 4. The lowest BCUT2D eigenvalue weighted by atomic mass is 9.99. The minimum absolute atomic E-state index is 0.594. The van der Waals surface area contributed by atoms with Crippen molar-refractivity contribution in [1.29, 1.82) is 0 Å². The Labute approximate surface area is 93.0 Å². The molecule has 0 amide bonds. The van der Waals surface area contributed by atoms with Gasteiger partial charge in [0.25, 0.3) is 0 Å². The molecule has 0 unspecified atom stereocenters. The summed E-state index contributed by atoms with van der Waals surface area (Å²) in [5.41, 5.74) is 0.245. The van der Waals surface area contributed by atoms with E-state index in [1.54, 1.807) is 6.92 Å². The molecule has 0 saturated heterocycles. The Morgan fingerprint density at radius 3 is 2.53 bits per heavy atom. The van der Waals surface area contributed by atoms with Crippen LogP contribution < -0.4 is 0 Å². The van der Waals surface area contributed by atoms with Crippen LogP contribution in [0.25, 0.3) is 0 Å². The Bertz CT molecular complexity index is 262. The van der Waals surface area contributed by atoms with E-state index in [4.69, 9.17) is 0 Å². The quantitative estimate of drug-likeness (QED) is 0.552. The van der Waals surface area contributed by atoms with E-state index >= 15 is 0 Å². The second-order valence-corrected chi connectivity index (χ2v) is 4.29. The second kappa shape index (κ2) is 6.66. The van der Waals surface area contributed by atoms with Crippen molar-refractivity contribution < 1.29 is 10.2 Å². The van der Waals surface area contributed by atoms with E-state index in [1.165, 1.54) is 5.57 Å². The van der Waals surface area contributed by atoms with Gasteiger partial charge in [-0.1, -0.05) is 30.4 Å². The molecule has 0 spiro atoms. The highest BCUT2D eigenvalue weighted by Crippen LogP contribution is 2.12. The maximum atomic E-state index is 9.86. The van der Waals surface area contributed by atoms with Gasteiger partial charge in [-0.05, 0) is 40.0 Å². The van der Waals surface area contributed by atoms with Crippen LogP contribution in [-0.4, -0.2) is 21.9 Å². The van der Waals surface area contributed by atoms with Crippen molar-refractivity contribution in [2.45, 2.75) is 58.7 Å². The van der Waals surface area contributed by atoms with Crippen LogP contribution in [0.5, 0.6) is 0 Å². The number of allylic oxidation sites excluding steroid dienone is 2. The van der Waals surface area contributed by atoms with Crippen LogP contribution in [-0.2, 0) is 0 Å². The smallest absolute Gasteiger partial charge is 0.123 e. The zero-order chi connectivity index (χ0) is 11.9. The summed E-state index contributed by atoms with van der Waals surface area (Å²) in [5, 5.41) is 19.1. The largest absolute Gasteiger partial charge is 0.380 e.